The molecule has 92 valence electrons. The summed E-state index contributed by atoms with van der Waals surface area (Å²) >= 11 is 0. The molecular weight excluding hydrogens is 236 g/mol. The second-order valence-corrected chi connectivity index (χ2v) is 6.68. The second kappa shape index (κ2) is 4.61. The summed E-state index contributed by atoms with van der Waals surface area (Å²) in [5.41, 5.74) is 1.03. The van der Waals surface area contributed by atoms with Crippen LogP contribution in [0, 0.1) is 12.8 Å². The van der Waals surface area contributed by atoms with E-state index < -0.39 is 9.84 Å². The zero-order valence-corrected chi connectivity index (χ0v) is 10.7. The lowest BCUT2D eigenvalue weighted by atomic mass is 10.1. The van der Waals surface area contributed by atoms with E-state index >= 15 is 0 Å². The summed E-state index contributed by atoms with van der Waals surface area (Å²) in [6.45, 7) is 1.91. The van der Waals surface area contributed by atoms with Crippen molar-refractivity contribution in [2.75, 3.05) is 5.75 Å². The molecule has 1 aliphatic rings. The number of carbonyl (C=O) groups excluding carboxylic acids is 1. The Hall–Kier alpha value is -1.16. The largest absolute Gasteiger partial charge is 0.299 e. The summed E-state index contributed by atoms with van der Waals surface area (Å²) < 4.78 is 24.2. The first-order valence-electron chi connectivity index (χ1n) is 5.81. The molecule has 0 bridgehead atoms. The van der Waals surface area contributed by atoms with Crippen molar-refractivity contribution in [3.8, 4) is 0 Å². The summed E-state index contributed by atoms with van der Waals surface area (Å²) in [5, 5.41) is 0. The molecule has 0 N–H and O–H groups in total. The number of carbonyl (C=O) groups is 1. The summed E-state index contributed by atoms with van der Waals surface area (Å²) in [4.78, 5) is 11.8. The van der Waals surface area contributed by atoms with E-state index in [1.807, 2.05) is 6.92 Å². The Balaban J connectivity index is 2.19. The third kappa shape index (κ3) is 2.75. The van der Waals surface area contributed by atoms with Crippen LogP contribution in [0.5, 0.6) is 0 Å². The van der Waals surface area contributed by atoms with E-state index in [1.54, 1.807) is 24.3 Å². The second-order valence-electron chi connectivity index (χ2n) is 4.65. The van der Waals surface area contributed by atoms with Crippen molar-refractivity contribution >= 4 is 15.6 Å². The molecule has 0 spiro atoms. The number of aryl methyl sites for hydroxylation is 1. The smallest absolute Gasteiger partial charge is 0.179 e. The molecule has 0 amide bonds. The maximum atomic E-state index is 12.1. The molecule has 17 heavy (non-hydrogen) atoms. The summed E-state index contributed by atoms with van der Waals surface area (Å²) in [7, 11) is -3.31. The van der Waals surface area contributed by atoms with Crippen LogP contribution in [0.25, 0.3) is 0 Å². The first-order chi connectivity index (χ1) is 7.99. The summed E-state index contributed by atoms with van der Waals surface area (Å²) in [6.07, 6.45) is 2.07. The predicted molar refractivity (Wildman–Crippen MR) is 65.6 cm³/mol. The molecule has 2 rings (SSSR count). The highest BCUT2D eigenvalue weighted by atomic mass is 32.2. The van der Waals surface area contributed by atoms with E-state index in [1.165, 1.54) is 0 Å². The maximum absolute atomic E-state index is 12.1. The Morgan fingerprint density at radius 2 is 1.88 bits per heavy atom. The van der Waals surface area contributed by atoms with Gasteiger partial charge in [0.1, 0.15) is 5.78 Å². The average Bonchev–Trinajstić information content (AvgIpc) is 2.64. The van der Waals surface area contributed by atoms with E-state index in [2.05, 4.69) is 0 Å². The van der Waals surface area contributed by atoms with Gasteiger partial charge in [-0.2, -0.15) is 0 Å². The van der Waals surface area contributed by atoms with Crippen LogP contribution in [0.2, 0.25) is 0 Å². The first kappa shape index (κ1) is 12.3. The van der Waals surface area contributed by atoms with Crippen molar-refractivity contribution in [2.24, 2.45) is 5.92 Å². The molecule has 0 aromatic heterocycles. The third-order valence-corrected chi connectivity index (χ3v) is 5.06. The predicted octanol–water partition coefficient (Wildman–Crippen LogP) is 2.14. The van der Waals surface area contributed by atoms with Crippen molar-refractivity contribution in [1.29, 1.82) is 0 Å². The minimum Gasteiger partial charge on any atom is -0.299 e. The minimum atomic E-state index is -3.31. The van der Waals surface area contributed by atoms with Crippen LogP contribution in [0.3, 0.4) is 0 Å². The quantitative estimate of drug-likeness (QED) is 0.828. The summed E-state index contributed by atoms with van der Waals surface area (Å²) in [5.74, 6) is -0.225. The molecule has 0 heterocycles. The van der Waals surface area contributed by atoms with Gasteiger partial charge in [0.25, 0.3) is 0 Å². The van der Waals surface area contributed by atoms with Gasteiger partial charge in [-0.15, -0.1) is 0 Å². The Labute approximate surface area is 102 Å². The monoisotopic (exact) mass is 252 g/mol. The minimum absolute atomic E-state index is 0.0328. The number of sulfone groups is 1. The van der Waals surface area contributed by atoms with Crippen LogP contribution in [-0.4, -0.2) is 20.0 Å². The Bertz CT molecular complexity index is 514. The molecule has 3 nitrogen and oxygen atoms in total. The van der Waals surface area contributed by atoms with Gasteiger partial charge in [0, 0.05) is 12.3 Å². The molecule has 0 saturated heterocycles. The lowest BCUT2D eigenvalue weighted by Gasteiger charge is -2.09. The highest BCUT2D eigenvalue weighted by Crippen LogP contribution is 2.25. The van der Waals surface area contributed by atoms with Gasteiger partial charge in [0.2, 0.25) is 0 Å². The number of ketones is 1. The average molecular weight is 252 g/mol. The standard InChI is InChI=1S/C13H16O3S/c1-10-5-7-12(8-6-10)17(15,16)9-11-3-2-4-13(11)14/h5-8,11H,2-4,9H2,1H3. The number of hydrogen-bond donors (Lipinski definition) is 0. The fourth-order valence-corrected chi connectivity index (χ4v) is 3.80. The van der Waals surface area contributed by atoms with E-state index in [0.29, 0.717) is 17.7 Å². The maximum Gasteiger partial charge on any atom is 0.179 e. The Morgan fingerprint density at radius 3 is 2.41 bits per heavy atom. The number of hydrogen-bond acceptors (Lipinski definition) is 3. The van der Waals surface area contributed by atoms with Gasteiger partial charge in [-0.25, -0.2) is 8.42 Å². The van der Waals surface area contributed by atoms with E-state index in [0.717, 1.165) is 12.0 Å². The van der Waals surface area contributed by atoms with E-state index in [9.17, 15) is 13.2 Å². The SMILES string of the molecule is Cc1ccc(S(=O)(=O)CC2CCCC2=O)cc1. The van der Waals surface area contributed by atoms with Crippen molar-refractivity contribution in [2.45, 2.75) is 31.1 Å². The topological polar surface area (TPSA) is 51.2 Å². The lowest BCUT2D eigenvalue weighted by Crippen LogP contribution is -2.19. The third-order valence-electron chi connectivity index (χ3n) is 3.23. The fourth-order valence-electron chi connectivity index (χ4n) is 2.17. The van der Waals surface area contributed by atoms with Crippen LogP contribution in [0.15, 0.2) is 29.2 Å². The highest BCUT2D eigenvalue weighted by molar-refractivity contribution is 7.91. The van der Waals surface area contributed by atoms with Crippen LogP contribution in [0.1, 0.15) is 24.8 Å². The van der Waals surface area contributed by atoms with Crippen LogP contribution < -0.4 is 0 Å². The molecule has 1 saturated carbocycles. The Kier molecular flexibility index (Phi) is 3.33. The van der Waals surface area contributed by atoms with Gasteiger partial charge in [-0.05, 0) is 31.9 Å². The van der Waals surface area contributed by atoms with E-state index in [4.69, 9.17) is 0 Å². The Morgan fingerprint density at radius 1 is 1.24 bits per heavy atom. The highest BCUT2D eigenvalue weighted by Gasteiger charge is 2.30. The molecule has 0 aliphatic heterocycles. The van der Waals surface area contributed by atoms with Crippen molar-refractivity contribution < 1.29 is 13.2 Å². The number of Topliss-reactive ketones (excluding diaryl/α,β-unsaturated/α-hetero) is 1. The zero-order chi connectivity index (χ0) is 12.5. The van der Waals surface area contributed by atoms with Crippen molar-refractivity contribution in [1.82, 2.24) is 0 Å². The normalized spacial score (nSPS) is 20.8. The van der Waals surface area contributed by atoms with E-state index in [-0.39, 0.29) is 17.5 Å². The van der Waals surface area contributed by atoms with Crippen LogP contribution in [-0.2, 0) is 14.6 Å². The van der Waals surface area contributed by atoms with Crippen LogP contribution in [0.4, 0.5) is 0 Å². The number of benzene rings is 1. The van der Waals surface area contributed by atoms with Crippen LogP contribution >= 0.6 is 0 Å². The molecule has 1 unspecified atom stereocenters. The molecule has 1 aliphatic carbocycles. The molecular formula is C13H16O3S. The lowest BCUT2D eigenvalue weighted by molar-refractivity contribution is -0.120. The van der Waals surface area contributed by atoms with Gasteiger partial charge < -0.3 is 0 Å². The molecule has 0 radical (unpaired) electrons. The van der Waals surface area contributed by atoms with Gasteiger partial charge >= 0.3 is 0 Å². The zero-order valence-electron chi connectivity index (χ0n) is 9.85. The van der Waals surface area contributed by atoms with Gasteiger partial charge in [0.05, 0.1) is 10.6 Å². The van der Waals surface area contributed by atoms with Gasteiger partial charge in [0.15, 0.2) is 9.84 Å². The molecule has 1 atom stereocenters. The van der Waals surface area contributed by atoms with Gasteiger partial charge in [-0.3, -0.25) is 4.79 Å². The molecule has 1 fully saturated rings. The fraction of sp³-hybridized carbons (Fsp3) is 0.462. The first-order valence-corrected chi connectivity index (χ1v) is 7.46. The molecule has 4 heteroatoms. The number of rotatable bonds is 3. The summed E-state index contributed by atoms with van der Waals surface area (Å²) in [6, 6.07) is 6.79. The van der Waals surface area contributed by atoms with Crippen molar-refractivity contribution in [3.63, 3.8) is 0 Å². The van der Waals surface area contributed by atoms with Crippen molar-refractivity contribution in [3.05, 3.63) is 29.8 Å². The van der Waals surface area contributed by atoms with Gasteiger partial charge in [-0.1, -0.05) is 17.7 Å². The molecule has 1 aromatic carbocycles. The molecule has 1 aromatic rings.